The van der Waals surface area contributed by atoms with Gasteiger partial charge in [-0.2, -0.15) is 0 Å². The average Bonchev–Trinajstić information content (AvgIpc) is 1.37. The molecule has 3 nitrogen and oxygen atoms in total. The molecule has 0 heterocycles. The van der Waals surface area contributed by atoms with E-state index in [-0.39, 0.29) is 6.73 Å². The Bertz CT molecular complexity index is 8.00. The van der Waals surface area contributed by atoms with Crippen LogP contribution in [-0.2, 0) is 0 Å². The first-order valence-electron chi connectivity index (χ1n) is 0.958. The van der Waals surface area contributed by atoms with Crippen molar-refractivity contribution in [2.45, 2.75) is 0 Å². The van der Waals surface area contributed by atoms with Crippen LogP contribution in [0.1, 0.15) is 0 Å². The number of nitrogens with one attached hydrogen (secondary N) is 1. The Morgan fingerprint density at radius 2 is 2.25 bits per heavy atom. The molecule has 0 saturated carbocycles. The van der Waals surface area contributed by atoms with Gasteiger partial charge in [0, 0.05) is 0 Å². The Kier molecular flexibility index (Phi) is 2.79. The minimum absolute atomic E-state index is 0.153. The standard InChI is InChI=1S/CH6N2O/c2-3-1-4/h3-4H,1-2H2. The SMILES string of the molecule is NNCO. The van der Waals surface area contributed by atoms with Crippen molar-refractivity contribution in [1.29, 1.82) is 0 Å². The van der Waals surface area contributed by atoms with Gasteiger partial charge in [0.05, 0.1) is 0 Å². The van der Waals surface area contributed by atoms with Gasteiger partial charge in [-0.25, -0.2) is 5.43 Å². The Morgan fingerprint density at radius 3 is 2.25 bits per heavy atom. The maximum atomic E-state index is 7.64. The molecule has 0 atom stereocenters. The lowest BCUT2D eigenvalue weighted by Crippen LogP contribution is -2.21. The summed E-state index contributed by atoms with van der Waals surface area (Å²) in [6.07, 6.45) is 0. The maximum Gasteiger partial charge on any atom is 0.105 e. The molecule has 0 radical (unpaired) electrons. The average molecular weight is 62.1 g/mol. The zero-order valence-electron chi connectivity index (χ0n) is 2.23. The van der Waals surface area contributed by atoms with Gasteiger partial charge in [0.1, 0.15) is 6.73 Å². The Morgan fingerprint density at radius 1 is 2.00 bits per heavy atom. The highest BCUT2D eigenvalue weighted by Gasteiger charge is 1.50. The van der Waals surface area contributed by atoms with Crippen LogP contribution in [0, 0.1) is 0 Å². The van der Waals surface area contributed by atoms with Crippen molar-refractivity contribution < 1.29 is 5.11 Å². The van der Waals surface area contributed by atoms with Crippen LogP contribution in [0.15, 0.2) is 0 Å². The van der Waals surface area contributed by atoms with E-state index in [1.165, 1.54) is 0 Å². The number of aliphatic hydroxyl groups excluding tert-OH is 1. The summed E-state index contributed by atoms with van der Waals surface area (Å²) in [5.41, 5.74) is 1.99. The molecule has 0 fully saturated rings. The molecular weight excluding hydrogens is 56.0 g/mol. The molecule has 0 amide bonds. The summed E-state index contributed by atoms with van der Waals surface area (Å²) in [6, 6.07) is 0. The second kappa shape index (κ2) is 2.88. The van der Waals surface area contributed by atoms with E-state index < -0.39 is 0 Å². The molecule has 0 spiro atoms. The molecule has 26 valence electrons. The number of aliphatic hydroxyl groups is 1. The van der Waals surface area contributed by atoms with Crippen LogP contribution in [0.4, 0.5) is 0 Å². The van der Waals surface area contributed by atoms with E-state index >= 15 is 0 Å². The summed E-state index contributed by atoms with van der Waals surface area (Å²) in [7, 11) is 0. The quantitative estimate of drug-likeness (QED) is 0.195. The van der Waals surface area contributed by atoms with Crippen molar-refractivity contribution in [3.63, 3.8) is 0 Å². The highest BCUT2D eigenvalue weighted by molar-refractivity contribution is 3.94. The molecule has 3 heteroatoms. The van der Waals surface area contributed by atoms with E-state index in [0.717, 1.165) is 0 Å². The smallest absolute Gasteiger partial charge is 0.105 e. The second-order valence-electron chi connectivity index (χ2n) is 0.362. The third-order valence-electron chi connectivity index (χ3n) is 0.0913. The summed E-state index contributed by atoms with van der Waals surface area (Å²) < 4.78 is 0. The number of hydrazine groups is 1. The normalized spacial score (nSPS) is 7.50. The molecule has 0 aliphatic rings. The zero-order chi connectivity index (χ0) is 3.41. The second-order valence-corrected chi connectivity index (χ2v) is 0.362. The minimum atomic E-state index is -0.153. The first-order valence-corrected chi connectivity index (χ1v) is 0.958. The molecule has 0 aromatic heterocycles. The summed E-state index contributed by atoms with van der Waals surface area (Å²) in [6.45, 7) is -0.153. The van der Waals surface area contributed by atoms with Crippen LogP contribution in [0.5, 0.6) is 0 Å². The fraction of sp³-hybridized carbons (Fsp3) is 1.00. The molecule has 4 N–H and O–H groups in total. The van der Waals surface area contributed by atoms with Gasteiger partial charge in [0.2, 0.25) is 0 Å². The van der Waals surface area contributed by atoms with Crippen LogP contribution in [0.2, 0.25) is 0 Å². The van der Waals surface area contributed by atoms with Crippen LogP contribution in [0.3, 0.4) is 0 Å². The van der Waals surface area contributed by atoms with Crippen molar-refractivity contribution in [3.8, 4) is 0 Å². The highest BCUT2D eigenvalue weighted by Crippen LogP contribution is 1.18. The molecule has 0 aliphatic carbocycles. The molecule has 0 bridgehead atoms. The van der Waals surface area contributed by atoms with Gasteiger partial charge in [-0.15, -0.1) is 0 Å². The molecular formula is CH6N2O. The molecule has 0 saturated heterocycles. The van der Waals surface area contributed by atoms with Gasteiger partial charge < -0.3 is 5.11 Å². The first kappa shape index (κ1) is 3.88. The van der Waals surface area contributed by atoms with Crippen LogP contribution in [0.25, 0.3) is 0 Å². The summed E-state index contributed by atoms with van der Waals surface area (Å²) in [4.78, 5) is 0. The Labute approximate surface area is 24.4 Å². The van der Waals surface area contributed by atoms with E-state index in [1.807, 2.05) is 5.43 Å². The van der Waals surface area contributed by atoms with Gasteiger partial charge in [0.15, 0.2) is 0 Å². The van der Waals surface area contributed by atoms with Crippen molar-refractivity contribution >= 4 is 0 Å². The molecule has 0 aromatic rings. The fourth-order valence-corrected chi connectivity index (χ4v) is 0. The number of rotatable bonds is 1. The first-order chi connectivity index (χ1) is 1.91. The highest BCUT2D eigenvalue weighted by atomic mass is 16.3. The van der Waals surface area contributed by atoms with Gasteiger partial charge in [0.25, 0.3) is 0 Å². The number of hydrogen-bond donors (Lipinski definition) is 3. The Hall–Kier alpha value is -0.120. The number of hydrogen-bond acceptors (Lipinski definition) is 3. The number of nitrogens with two attached hydrogens (primary N) is 1. The van der Waals surface area contributed by atoms with E-state index in [9.17, 15) is 0 Å². The lowest BCUT2D eigenvalue weighted by molar-refractivity contribution is 0.263. The molecule has 4 heavy (non-hydrogen) atoms. The van der Waals surface area contributed by atoms with Crippen molar-refractivity contribution in [2.75, 3.05) is 6.73 Å². The Balaban J connectivity index is 1.97. The van der Waals surface area contributed by atoms with E-state index in [4.69, 9.17) is 5.11 Å². The third-order valence-corrected chi connectivity index (χ3v) is 0.0913. The monoisotopic (exact) mass is 62.0 g/mol. The van der Waals surface area contributed by atoms with Crippen molar-refractivity contribution in [3.05, 3.63) is 0 Å². The summed E-state index contributed by atoms with van der Waals surface area (Å²) in [5.74, 6) is 4.53. The molecule has 0 aromatic carbocycles. The lowest BCUT2D eigenvalue weighted by atomic mass is 11.4. The predicted molar refractivity (Wildman–Crippen MR) is 14.4 cm³/mol. The van der Waals surface area contributed by atoms with Gasteiger partial charge in [-0.05, 0) is 0 Å². The van der Waals surface area contributed by atoms with E-state index in [1.54, 1.807) is 0 Å². The van der Waals surface area contributed by atoms with Gasteiger partial charge in [-0.1, -0.05) is 0 Å². The summed E-state index contributed by atoms with van der Waals surface area (Å²) >= 11 is 0. The third kappa shape index (κ3) is 1.88. The topological polar surface area (TPSA) is 58.3 Å². The molecule has 0 unspecified atom stereocenters. The van der Waals surface area contributed by atoms with Crippen LogP contribution < -0.4 is 11.3 Å². The van der Waals surface area contributed by atoms with Gasteiger partial charge >= 0.3 is 0 Å². The van der Waals surface area contributed by atoms with E-state index in [2.05, 4.69) is 5.84 Å². The largest absolute Gasteiger partial charge is 0.380 e. The summed E-state index contributed by atoms with van der Waals surface area (Å²) in [5, 5.41) is 7.64. The maximum absolute atomic E-state index is 7.64. The van der Waals surface area contributed by atoms with Crippen molar-refractivity contribution in [2.24, 2.45) is 5.84 Å². The van der Waals surface area contributed by atoms with Crippen LogP contribution in [-0.4, -0.2) is 11.8 Å². The van der Waals surface area contributed by atoms with E-state index in [0.29, 0.717) is 0 Å². The minimum Gasteiger partial charge on any atom is -0.380 e. The molecule has 0 rings (SSSR count). The van der Waals surface area contributed by atoms with Gasteiger partial charge in [-0.3, -0.25) is 5.84 Å². The molecule has 0 aliphatic heterocycles. The van der Waals surface area contributed by atoms with Crippen LogP contribution >= 0.6 is 0 Å². The zero-order valence-corrected chi connectivity index (χ0v) is 2.23. The van der Waals surface area contributed by atoms with Crippen molar-refractivity contribution in [1.82, 2.24) is 5.43 Å². The lowest BCUT2D eigenvalue weighted by Gasteiger charge is -1.77. The fourth-order valence-electron chi connectivity index (χ4n) is 0. The predicted octanol–water partition coefficient (Wildman–Crippen LogP) is -1.60.